The third-order valence-corrected chi connectivity index (χ3v) is 6.98. The van der Waals surface area contributed by atoms with Crippen molar-refractivity contribution < 1.29 is 34.8 Å². The number of benzene rings is 1. The van der Waals surface area contributed by atoms with Crippen LogP contribution in [0.3, 0.4) is 0 Å². The first kappa shape index (κ1) is 23.1. The number of aryl methyl sites for hydroxylation is 2. The molecule has 0 radical (unpaired) electrons. The van der Waals surface area contributed by atoms with Crippen LogP contribution in [0.25, 0.3) is 28.0 Å². The number of hydrogen-bond acceptors (Lipinski definition) is 4. The Morgan fingerprint density at radius 2 is 1.64 bits per heavy atom. The summed E-state index contributed by atoms with van der Waals surface area (Å²) in [7, 11) is -4.51. The molecule has 6 nitrogen and oxygen atoms in total. The summed E-state index contributed by atoms with van der Waals surface area (Å²) in [5.74, 6) is -1.84. The molecule has 4 aromatic rings. The van der Waals surface area contributed by atoms with Crippen LogP contribution in [0.1, 0.15) is 23.9 Å². The van der Waals surface area contributed by atoms with Gasteiger partial charge in [0.2, 0.25) is 5.95 Å². The van der Waals surface area contributed by atoms with Crippen molar-refractivity contribution in [3.8, 4) is 5.95 Å². The SMILES string of the molecule is CCS(=O)(=O)c1c(C(F)(F)F)n(-c2nc3ccc(C)nc3n2C(F)(F)F)c2cccc(C)c12. The predicted octanol–water partition coefficient (Wildman–Crippen LogP) is 5.28. The minimum Gasteiger partial charge on any atom is -0.273 e. The normalized spacial score (nSPS) is 13.4. The Labute approximate surface area is 183 Å². The van der Waals surface area contributed by atoms with Crippen molar-refractivity contribution >= 4 is 31.9 Å². The minimum atomic E-state index is -5.32. The Morgan fingerprint density at radius 3 is 2.21 bits per heavy atom. The molecule has 33 heavy (non-hydrogen) atoms. The highest BCUT2D eigenvalue weighted by molar-refractivity contribution is 7.91. The molecule has 0 N–H and O–H groups in total. The van der Waals surface area contributed by atoms with Gasteiger partial charge in [-0.3, -0.25) is 4.57 Å². The van der Waals surface area contributed by atoms with Gasteiger partial charge in [-0.1, -0.05) is 19.1 Å². The Kier molecular flexibility index (Phi) is 5.04. The molecule has 0 bridgehead atoms. The molecule has 0 amide bonds. The number of sulfone groups is 1. The van der Waals surface area contributed by atoms with E-state index in [1.807, 2.05) is 0 Å². The highest BCUT2D eigenvalue weighted by atomic mass is 32.2. The molecule has 0 aliphatic carbocycles. The van der Waals surface area contributed by atoms with Gasteiger partial charge in [0.1, 0.15) is 16.1 Å². The van der Waals surface area contributed by atoms with E-state index in [9.17, 15) is 34.8 Å². The van der Waals surface area contributed by atoms with Crippen LogP contribution in [0.2, 0.25) is 0 Å². The van der Waals surface area contributed by atoms with Gasteiger partial charge in [-0.2, -0.15) is 13.2 Å². The largest absolute Gasteiger partial charge is 0.493 e. The summed E-state index contributed by atoms with van der Waals surface area (Å²) >= 11 is 0. The maximum atomic E-state index is 14.4. The van der Waals surface area contributed by atoms with Crippen molar-refractivity contribution in [3.63, 3.8) is 0 Å². The Hall–Kier alpha value is -3.09. The van der Waals surface area contributed by atoms with Crippen LogP contribution in [0.5, 0.6) is 0 Å². The van der Waals surface area contributed by atoms with Crippen molar-refractivity contribution in [2.75, 3.05) is 5.75 Å². The smallest absolute Gasteiger partial charge is 0.273 e. The van der Waals surface area contributed by atoms with Gasteiger partial charge in [-0.15, -0.1) is 13.2 Å². The summed E-state index contributed by atoms with van der Waals surface area (Å²) in [6.45, 7) is 3.97. The molecule has 3 aromatic heterocycles. The van der Waals surface area contributed by atoms with Crippen LogP contribution in [0.4, 0.5) is 26.3 Å². The van der Waals surface area contributed by atoms with E-state index in [0.717, 1.165) is 13.0 Å². The summed E-state index contributed by atoms with van der Waals surface area (Å²) < 4.78 is 111. The van der Waals surface area contributed by atoms with Gasteiger partial charge < -0.3 is 0 Å². The van der Waals surface area contributed by atoms with Crippen molar-refractivity contribution in [2.24, 2.45) is 0 Å². The lowest BCUT2D eigenvalue weighted by molar-refractivity contribution is -0.201. The van der Waals surface area contributed by atoms with E-state index >= 15 is 0 Å². The fourth-order valence-corrected chi connectivity index (χ4v) is 5.18. The van der Waals surface area contributed by atoms with Crippen molar-refractivity contribution in [1.29, 1.82) is 0 Å². The zero-order valence-corrected chi connectivity index (χ0v) is 18.2. The number of rotatable bonds is 3. The topological polar surface area (TPSA) is 69.8 Å². The monoisotopic (exact) mass is 490 g/mol. The Morgan fingerprint density at radius 1 is 0.970 bits per heavy atom. The number of hydrogen-bond donors (Lipinski definition) is 0. The van der Waals surface area contributed by atoms with E-state index in [1.165, 1.54) is 38.1 Å². The highest BCUT2D eigenvalue weighted by Gasteiger charge is 2.46. The van der Waals surface area contributed by atoms with Crippen LogP contribution < -0.4 is 0 Å². The number of alkyl halides is 6. The lowest BCUT2D eigenvalue weighted by Crippen LogP contribution is -2.24. The molecule has 176 valence electrons. The average Bonchev–Trinajstić information content (AvgIpc) is 3.24. The molecule has 0 saturated carbocycles. The number of fused-ring (bicyclic) bond motifs is 2. The molecular formula is C20H16F6N4O2S. The minimum absolute atomic E-state index is 0.160. The molecule has 0 aliphatic heterocycles. The predicted molar refractivity (Wildman–Crippen MR) is 108 cm³/mol. The number of imidazole rings is 1. The van der Waals surface area contributed by atoms with Crippen LogP contribution in [0, 0.1) is 13.8 Å². The van der Waals surface area contributed by atoms with Crippen LogP contribution in [-0.2, 0) is 22.3 Å². The van der Waals surface area contributed by atoms with Gasteiger partial charge in [0.25, 0.3) is 0 Å². The molecule has 0 atom stereocenters. The quantitative estimate of drug-likeness (QED) is 0.367. The lowest BCUT2D eigenvalue weighted by Gasteiger charge is -2.17. The second kappa shape index (κ2) is 7.20. The second-order valence-corrected chi connectivity index (χ2v) is 9.61. The number of pyridine rings is 1. The molecule has 0 spiro atoms. The number of halogens is 6. The van der Waals surface area contributed by atoms with Crippen molar-refractivity contribution in [3.05, 3.63) is 47.3 Å². The first-order chi connectivity index (χ1) is 15.2. The molecule has 3 heterocycles. The van der Waals surface area contributed by atoms with E-state index in [4.69, 9.17) is 0 Å². The highest BCUT2D eigenvalue weighted by Crippen LogP contribution is 2.44. The summed E-state index contributed by atoms with van der Waals surface area (Å²) in [5.41, 5.74) is -2.75. The van der Waals surface area contributed by atoms with E-state index in [1.54, 1.807) is 0 Å². The zero-order chi connectivity index (χ0) is 24.5. The Bertz CT molecular complexity index is 1510. The summed E-state index contributed by atoms with van der Waals surface area (Å²) in [5, 5.41) is -0.309. The fraction of sp³-hybridized carbons (Fsp3) is 0.300. The van der Waals surface area contributed by atoms with E-state index in [-0.39, 0.29) is 36.8 Å². The lowest BCUT2D eigenvalue weighted by atomic mass is 10.1. The van der Waals surface area contributed by atoms with Gasteiger partial charge in [0.05, 0.1) is 11.3 Å². The van der Waals surface area contributed by atoms with Gasteiger partial charge in [-0.05, 0) is 37.6 Å². The van der Waals surface area contributed by atoms with E-state index < -0.39 is 50.3 Å². The standard InChI is InChI=1S/C20H16F6N4O2S/c1-4-33(31,32)15-14-10(2)6-5-7-13(14)29(16(15)19(21,22)23)18-28-12-9-8-11(3)27-17(12)30(18)20(24,25)26/h5-9H,4H2,1-3H3. The molecule has 1 aromatic carbocycles. The third-order valence-electron chi connectivity index (χ3n) is 5.20. The molecule has 0 aliphatic rings. The first-order valence-corrected chi connectivity index (χ1v) is 11.2. The molecule has 0 fully saturated rings. The average molecular weight is 490 g/mol. The van der Waals surface area contributed by atoms with Crippen molar-refractivity contribution in [2.45, 2.75) is 38.1 Å². The number of aromatic nitrogens is 4. The summed E-state index contributed by atoms with van der Waals surface area (Å²) in [6, 6.07) is 6.43. The molecular weight excluding hydrogens is 474 g/mol. The van der Waals surface area contributed by atoms with Crippen LogP contribution >= 0.6 is 0 Å². The summed E-state index contributed by atoms with van der Waals surface area (Å²) in [6.07, 6.45) is -10.5. The Balaban J connectivity index is 2.33. The maximum Gasteiger partial charge on any atom is 0.493 e. The molecule has 4 rings (SSSR count). The van der Waals surface area contributed by atoms with Gasteiger partial charge in [0, 0.05) is 11.1 Å². The third kappa shape index (κ3) is 3.54. The van der Waals surface area contributed by atoms with E-state index in [0.29, 0.717) is 0 Å². The zero-order valence-electron chi connectivity index (χ0n) is 17.4. The summed E-state index contributed by atoms with van der Waals surface area (Å²) in [4.78, 5) is 6.56. The molecule has 0 saturated heterocycles. The fourth-order valence-electron chi connectivity index (χ4n) is 3.81. The van der Waals surface area contributed by atoms with Gasteiger partial charge in [-0.25, -0.2) is 23.0 Å². The molecule has 13 heteroatoms. The van der Waals surface area contributed by atoms with Gasteiger partial charge in [0.15, 0.2) is 15.5 Å². The van der Waals surface area contributed by atoms with Gasteiger partial charge >= 0.3 is 12.5 Å². The van der Waals surface area contributed by atoms with Crippen molar-refractivity contribution in [1.82, 2.24) is 19.1 Å². The second-order valence-electron chi connectivity index (χ2n) is 7.39. The molecule has 0 unspecified atom stereocenters. The maximum absolute atomic E-state index is 14.4. The first-order valence-electron chi connectivity index (χ1n) is 9.56. The number of nitrogens with zero attached hydrogens (tertiary/aromatic N) is 4. The van der Waals surface area contributed by atoms with E-state index in [2.05, 4.69) is 9.97 Å². The van der Waals surface area contributed by atoms with Crippen LogP contribution in [-0.4, -0.2) is 33.3 Å². The van der Waals surface area contributed by atoms with Crippen LogP contribution in [0.15, 0.2) is 35.2 Å².